The fourth-order valence-corrected chi connectivity index (χ4v) is 1.73. The Labute approximate surface area is 99.6 Å². The first kappa shape index (κ1) is 11.6. The van der Waals surface area contributed by atoms with Crippen molar-refractivity contribution >= 4 is 17.3 Å². The summed E-state index contributed by atoms with van der Waals surface area (Å²) in [5.41, 5.74) is 0.0674. The number of nitrogens with one attached hydrogen (secondary N) is 2. The Bertz CT molecular complexity index is 418. The number of aromatic nitrogens is 1. The summed E-state index contributed by atoms with van der Waals surface area (Å²) in [5.74, 6) is 1.13. The Hall–Kier alpha value is -1.85. The van der Waals surface area contributed by atoms with Gasteiger partial charge in [-0.15, -0.1) is 0 Å². The van der Waals surface area contributed by atoms with Gasteiger partial charge in [0.1, 0.15) is 11.6 Å². The van der Waals surface area contributed by atoms with Gasteiger partial charge in [0.05, 0.1) is 17.1 Å². The molecule has 0 spiro atoms. The molecule has 0 amide bonds. The molecule has 0 radical (unpaired) electrons. The van der Waals surface area contributed by atoms with E-state index in [0.29, 0.717) is 24.2 Å². The first-order chi connectivity index (χ1) is 8.19. The van der Waals surface area contributed by atoms with Crippen molar-refractivity contribution in [3.05, 3.63) is 22.2 Å². The molecule has 0 aromatic carbocycles. The minimum Gasteiger partial charge on any atom is -0.370 e. The average Bonchev–Trinajstić information content (AvgIpc) is 2.24. The fourth-order valence-electron chi connectivity index (χ4n) is 1.73. The summed E-state index contributed by atoms with van der Waals surface area (Å²) in [5, 5.41) is 17.0. The van der Waals surface area contributed by atoms with Gasteiger partial charge in [-0.2, -0.15) is 0 Å². The molecule has 0 bridgehead atoms. The molecule has 0 saturated heterocycles. The highest BCUT2D eigenvalue weighted by Crippen LogP contribution is 2.26. The predicted molar refractivity (Wildman–Crippen MR) is 66.3 cm³/mol. The van der Waals surface area contributed by atoms with Crippen LogP contribution in [-0.4, -0.2) is 22.5 Å². The SMILES string of the molecule is CCNc1cc([N+](=O)[O-])cc(NC2CCC2)n1. The monoisotopic (exact) mass is 236 g/mol. The highest BCUT2D eigenvalue weighted by Gasteiger charge is 2.19. The third-order valence-corrected chi connectivity index (χ3v) is 2.84. The van der Waals surface area contributed by atoms with Crippen LogP contribution in [-0.2, 0) is 0 Å². The van der Waals surface area contributed by atoms with E-state index in [4.69, 9.17) is 0 Å². The topological polar surface area (TPSA) is 80.1 Å². The van der Waals surface area contributed by atoms with Gasteiger partial charge < -0.3 is 10.6 Å². The van der Waals surface area contributed by atoms with Crippen LogP contribution in [0.3, 0.4) is 0 Å². The van der Waals surface area contributed by atoms with Gasteiger partial charge in [-0.1, -0.05) is 0 Å². The van der Waals surface area contributed by atoms with Crippen LogP contribution in [0.1, 0.15) is 26.2 Å². The maximum atomic E-state index is 10.8. The van der Waals surface area contributed by atoms with Crippen molar-refractivity contribution in [2.24, 2.45) is 0 Å². The lowest BCUT2D eigenvalue weighted by atomic mass is 9.93. The zero-order valence-corrected chi connectivity index (χ0v) is 9.77. The highest BCUT2D eigenvalue weighted by atomic mass is 16.6. The zero-order valence-electron chi connectivity index (χ0n) is 9.77. The molecule has 6 heteroatoms. The molecular weight excluding hydrogens is 220 g/mol. The predicted octanol–water partition coefficient (Wildman–Crippen LogP) is 2.39. The molecule has 1 saturated carbocycles. The first-order valence-corrected chi connectivity index (χ1v) is 5.86. The number of nitrogens with zero attached hydrogens (tertiary/aromatic N) is 2. The van der Waals surface area contributed by atoms with Crippen LogP contribution in [0.4, 0.5) is 17.3 Å². The molecule has 92 valence electrons. The van der Waals surface area contributed by atoms with Crippen molar-refractivity contribution in [3.63, 3.8) is 0 Å². The Morgan fingerprint density at radius 3 is 2.71 bits per heavy atom. The number of anilines is 2. The second kappa shape index (κ2) is 4.99. The Morgan fingerprint density at radius 2 is 2.18 bits per heavy atom. The molecule has 17 heavy (non-hydrogen) atoms. The highest BCUT2D eigenvalue weighted by molar-refractivity contribution is 5.55. The van der Waals surface area contributed by atoms with Gasteiger partial charge in [-0.3, -0.25) is 10.1 Å². The van der Waals surface area contributed by atoms with Crippen molar-refractivity contribution < 1.29 is 4.92 Å². The van der Waals surface area contributed by atoms with Gasteiger partial charge in [-0.25, -0.2) is 4.98 Å². The second-order valence-electron chi connectivity index (χ2n) is 4.16. The maximum Gasteiger partial charge on any atom is 0.276 e. The lowest BCUT2D eigenvalue weighted by molar-refractivity contribution is -0.384. The van der Waals surface area contributed by atoms with E-state index in [1.165, 1.54) is 18.6 Å². The minimum atomic E-state index is -0.394. The van der Waals surface area contributed by atoms with Crippen molar-refractivity contribution in [3.8, 4) is 0 Å². The lowest BCUT2D eigenvalue weighted by Crippen LogP contribution is -2.27. The van der Waals surface area contributed by atoms with Crippen LogP contribution in [0.15, 0.2) is 12.1 Å². The van der Waals surface area contributed by atoms with E-state index in [-0.39, 0.29) is 5.69 Å². The van der Waals surface area contributed by atoms with Gasteiger partial charge in [-0.05, 0) is 26.2 Å². The zero-order chi connectivity index (χ0) is 12.3. The van der Waals surface area contributed by atoms with E-state index >= 15 is 0 Å². The van der Waals surface area contributed by atoms with Gasteiger partial charge in [0.25, 0.3) is 5.69 Å². The minimum absolute atomic E-state index is 0.0674. The van der Waals surface area contributed by atoms with E-state index in [2.05, 4.69) is 15.6 Å². The van der Waals surface area contributed by atoms with Crippen LogP contribution in [0.2, 0.25) is 0 Å². The molecule has 1 heterocycles. The summed E-state index contributed by atoms with van der Waals surface area (Å²) in [7, 11) is 0. The van der Waals surface area contributed by atoms with Crippen LogP contribution < -0.4 is 10.6 Å². The Morgan fingerprint density at radius 1 is 1.47 bits per heavy atom. The molecule has 2 N–H and O–H groups in total. The van der Waals surface area contributed by atoms with Gasteiger partial charge >= 0.3 is 0 Å². The molecule has 6 nitrogen and oxygen atoms in total. The molecule has 0 atom stereocenters. The van der Waals surface area contributed by atoms with Crippen LogP contribution in [0.25, 0.3) is 0 Å². The van der Waals surface area contributed by atoms with Gasteiger partial charge in [0.15, 0.2) is 0 Å². The van der Waals surface area contributed by atoms with E-state index in [1.807, 2.05) is 6.92 Å². The summed E-state index contributed by atoms with van der Waals surface area (Å²) in [4.78, 5) is 14.7. The Balaban J connectivity index is 2.19. The largest absolute Gasteiger partial charge is 0.370 e. The lowest BCUT2D eigenvalue weighted by Gasteiger charge is -2.26. The Kier molecular flexibility index (Phi) is 3.41. The molecule has 1 aliphatic rings. The number of hydrogen-bond acceptors (Lipinski definition) is 5. The van der Waals surface area contributed by atoms with Crippen LogP contribution in [0, 0.1) is 10.1 Å². The number of hydrogen-bond donors (Lipinski definition) is 2. The number of pyridine rings is 1. The first-order valence-electron chi connectivity index (χ1n) is 5.86. The second-order valence-corrected chi connectivity index (χ2v) is 4.16. The van der Waals surface area contributed by atoms with E-state index in [9.17, 15) is 10.1 Å². The van der Waals surface area contributed by atoms with E-state index in [1.54, 1.807) is 0 Å². The summed E-state index contributed by atoms with van der Waals surface area (Å²) < 4.78 is 0. The van der Waals surface area contributed by atoms with Crippen molar-refractivity contribution in [2.45, 2.75) is 32.2 Å². The fraction of sp³-hybridized carbons (Fsp3) is 0.545. The summed E-state index contributed by atoms with van der Waals surface area (Å²) in [6.45, 7) is 2.62. The van der Waals surface area contributed by atoms with E-state index < -0.39 is 4.92 Å². The van der Waals surface area contributed by atoms with Crippen molar-refractivity contribution in [1.82, 2.24) is 4.98 Å². The maximum absolute atomic E-state index is 10.8. The summed E-state index contributed by atoms with van der Waals surface area (Å²) in [6.07, 6.45) is 3.44. The third-order valence-electron chi connectivity index (χ3n) is 2.84. The van der Waals surface area contributed by atoms with E-state index in [0.717, 1.165) is 12.8 Å². The summed E-state index contributed by atoms with van der Waals surface area (Å²) in [6, 6.07) is 3.35. The normalized spacial score (nSPS) is 15.1. The van der Waals surface area contributed by atoms with Crippen LogP contribution >= 0.6 is 0 Å². The number of nitro groups is 1. The van der Waals surface area contributed by atoms with Crippen molar-refractivity contribution in [2.75, 3.05) is 17.2 Å². The molecule has 0 aliphatic heterocycles. The standard InChI is InChI=1S/C11H16N4O2/c1-2-12-10-6-9(15(16)17)7-11(14-10)13-8-4-3-5-8/h6-8H,2-5H2,1H3,(H2,12,13,14). The van der Waals surface area contributed by atoms with Gasteiger partial charge in [0.2, 0.25) is 0 Å². The smallest absolute Gasteiger partial charge is 0.276 e. The quantitative estimate of drug-likeness (QED) is 0.606. The number of rotatable bonds is 5. The molecule has 2 rings (SSSR count). The molecule has 0 unspecified atom stereocenters. The average molecular weight is 236 g/mol. The molecule has 1 aliphatic carbocycles. The van der Waals surface area contributed by atoms with Gasteiger partial charge in [0, 0.05) is 12.6 Å². The third kappa shape index (κ3) is 2.83. The van der Waals surface area contributed by atoms with Crippen molar-refractivity contribution in [1.29, 1.82) is 0 Å². The summed E-state index contributed by atoms with van der Waals surface area (Å²) >= 11 is 0. The van der Waals surface area contributed by atoms with Crippen LogP contribution in [0.5, 0.6) is 0 Å². The molecule has 1 fully saturated rings. The molecular formula is C11H16N4O2. The molecule has 1 aromatic heterocycles. The molecule has 1 aromatic rings.